The summed E-state index contributed by atoms with van der Waals surface area (Å²) >= 11 is 0. The van der Waals surface area contributed by atoms with Crippen LogP contribution in [0.4, 0.5) is 0 Å². The number of aliphatic imine (C=N–C) groups is 1. The van der Waals surface area contributed by atoms with E-state index in [-0.39, 0.29) is 0 Å². The average molecular weight is 200 g/mol. The summed E-state index contributed by atoms with van der Waals surface area (Å²) in [4.78, 5) is 4.38. The first kappa shape index (κ1) is 11.3. The number of hydrogen-bond acceptors (Lipinski definition) is 2. The first-order chi connectivity index (χ1) is 7.38. The lowest BCUT2D eigenvalue weighted by atomic mass is 10.2. The first-order valence-corrected chi connectivity index (χ1v) is 5.08. The molecule has 1 N–H and O–H groups in total. The minimum atomic E-state index is 0.660. The molecule has 0 unspecified atom stereocenters. The van der Waals surface area contributed by atoms with E-state index in [0.717, 1.165) is 17.8 Å². The molecular formula is C13H16N2. The molecule has 0 spiro atoms. The summed E-state index contributed by atoms with van der Waals surface area (Å²) < 4.78 is 0. The van der Waals surface area contributed by atoms with E-state index < -0.39 is 0 Å². The quantitative estimate of drug-likeness (QED) is 0.547. The Morgan fingerprint density at radius 1 is 1.73 bits per heavy atom. The van der Waals surface area contributed by atoms with E-state index in [0.29, 0.717) is 6.54 Å². The molecule has 0 aliphatic carbocycles. The molecule has 0 saturated carbocycles. The third kappa shape index (κ3) is 3.84. The van der Waals surface area contributed by atoms with Crippen molar-refractivity contribution in [3.05, 3.63) is 54.5 Å². The molecule has 0 aromatic rings. The molecule has 0 amide bonds. The number of hydrogen-bond donors (Lipinski definition) is 1. The van der Waals surface area contributed by atoms with Crippen LogP contribution in [0.1, 0.15) is 13.3 Å². The van der Waals surface area contributed by atoms with Crippen molar-refractivity contribution in [2.75, 3.05) is 6.54 Å². The highest BCUT2D eigenvalue weighted by atomic mass is 15.0. The Balaban J connectivity index is 2.85. The largest absolute Gasteiger partial charge is 0.340 e. The lowest BCUT2D eigenvalue weighted by molar-refractivity contribution is 1.18. The van der Waals surface area contributed by atoms with E-state index in [4.69, 9.17) is 0 Å². The van der Waals surface area contributed by atoms with Crippen LogP contribution < -0.4 is 5.32 Å². The Morgan fingerprint density at radius 2 is 2.60 bits per heavy atom. The van der Waals surface area contributed by atoms with Gasteiger partial charge in [-0.05, 0) is 12.5 Å². The van der Waals surface area contributed by atoms with Gasteiger partial charge in [0.2, 0.25) is 0 Å². The number of nitrogens with zero attached hydrogens (tertiary/aromatic N) is 1. The Kier molecular flexibility index (Phi) is 4.99. The summed E-state index contributed by atoms with van der Waals surface area (Å²) in [5, 5.41) is 3.09. The Hall–Kier alpha value is -1.79. The molecule has 78 valence electrons. The smallest absolute Gasteiger partial charge is 0.133 e. The zero-order chi connectivity index (χ0) is 10.9. The molecule has 0 aromatic carbocycles. The number of amidine groups is 1. The lowest BCUT2D eigenvalue weighted by Gasteiger charge is -2.05. The predicted molar refractivity (Wildman–Crippen MR) is 65.8 cm³/mol. The fourth-order valence-electron chi connectivity index (χ4n) is 1.16. The highest BCUT2D eigenvalue weighted by Crippen LogP contribution is 2.02. The van der Waals surface area contributed by atoms with Gasteiger partial charge in [-0.3, -0.25) is 4.99 Å². The molecule has 0 radical (unpaired) electrons. The van der Waals surface area contributed by atoms with Crippen molar-refractivity contribution < 1.29 is 0 Å². The lowest BCUT2D eigenvalue weighted by Crippen LogP contribution is -2.18. The van der Waals surface area contributed by atoms with Gasteiger partial charge in [0.15, 0.2) is 0 Å². The van der Waals surface area contributed by atoms with Crippen LogP contribution in [0, 0.1) is 0 Å². The van der Waals surface area contributed by atoms with E-state index in [9.17, 15) is 0 Å². The van der Waals surface area contributed by atoms with Crippen molar-refractivity contribution >= 4 is 5.84 Å². The zero-order valence-corrected chi connectivity index (χ0v) is 9.03. The summed E-state index contributed by atoms with van der Waals surface area (Å²) in [7, 11) is 0. The van der Waals surface area contributed by atoms with Crippen LogP contribution >= 0.6 is 0 Å². The van der Waals surface area contributed by atoms with Crippen LogP contribution in [0.3, 0.4) is 0 Å². The molecule has 2 heteroatoms. The Labute approximate surface area is 91.1 Å². The third-order valence-electron chi connectivity index (χ3n) is 1.85. The van der Waals surface area contributed by atoms with Crippen LogP contribution in [0.25, 0.3) is 0 Å². The Bertz CT molecular complexity index is 364. The van der Waals surface area contributed by atoms with Crippen molar-refractivity contribution in [3.8, 4) is 0 Å². The molecule has 0 fully saturated rings. The minimum absolute atomic E-state index is 0.660. The molecule has 0 aromatic heterocycles. The van der Waals surface area contributed by atoms with E-state index >= 15 is 0 Å². The van der Waals surface area contributed by atoms with Gasteiger partial charge in [0, 0.05) is 11.8 Å². The molecule has 1 rings (SSSR count). The summed E-state index contributed by atoms with van der Waals surface area (Å²) in [5.41, 5.74) is 4.02. The fraction of sp³-hybridized carbons (Fsp3) is 0.231. The molecule has 1 aliphatic heterocycles. The van der Waals surface area contributed by atoms with Crippen molar-refractivity contribution in [2.45, 2.75) is 13.3 Å². The van der Waals surface area contributed by atoms with E-state index in [1.54, 1.807) is 12.3 Å². The van der Waals surface area contributed by atoms with Gasteiger partial charge in [0.05, 0.1) is 6.54 Å². The molecule has 1 heterocycles. The minimum Gasteiger partial charge on any atom is -0.340 e. The normalized spacial score (nSPS) is 16.1. The molecule has 2 nitrogen and oxygen atoms in total. The van der Waals surface area contributed by atoms with Crippen molar-refractivity contribution in [1.29, 1.82) is 0 Å². The zero-order valence-electron chi connectivity index (χ0n) is 9.03. The first-order valence-electron chi connectivity index (χ1n) is 5.08. The number of rotatable bonds is 4. The summed E-state index contributed by atoms with van der Waals surface area (Å²) in [6.45, 7) is 6.46. The highest BCUT2D eigenvalue weighted by Gasteiger charge is 2.01. The number of allylic oxidation sites excluding steroid dienone is 3. The molecule has 0 saturated heterocycles. The van der Waals surface area contributed by atoms with Crippen LogP contribution in [0.2, 0.25) is 0 Å². The van der Waals surface area contributed by atoms with Gasteiger partial charge < -0.3 is 5.32 Å². The average Bonchev–Trinajstić information content (AvgIpc) is 2.52. The van der Waals surface area contributed by atoms with Crippen LogP contribution in [0.15, 0.2) is 59.5 Å². The monoisotopic (exact) mass is 200 g/mol. The van der Waals surface area contributed by atoms with Gasteiger partial charge >= 0.3 is 0 Å². The standard InChI is InChI=1S/C13H16N2/c1-3-5-9-12(8-4-2)13-14-10-6-7-11-15-13/h4-6,8-9,11H,2-3,10H2,1H3,(H,14,15)/b9-5-,12-8+. The molecule has 15 heavy (non-hydrogen) atoms. The summed E-state index contributed by atoms with van der Waals surface area (Å²) in [6.07, 6.45) is 12.5. The second-order valence-corrected chi connectivity index (χ2v) is 3.02. The molecular weight excluding hydrogens is 184 g/mol. The maximum Gasteiger partial charge on any atom is 0.133 e. The van der Waals surface area contributed by atoms with Gasteiger partial charge in [-0.15, -0.1) is 5.73 Å². The highest BCUT2D eigenvalue weighted by molar-refractivity contribution is 6.01. The number of nitrogens with one attached hydrogen (secondary N) is 1. The summed E-state index contributed by atoms with van der Waals surface area (Å²) in [5.74, 6) is 0.862. The van der Waals surface area contributed by atoms with Gasteiger partial charge in [-0.1, -0.05) is 37.8 Å². The van der Waals surface area contributed by atoms with Crippen LogP contribution in [0.5, 0.6) is 0 Å². The molecule has 1 aliphatic rings. The van der Waals surface area contributed by atoms with Gasteiger partial charge in [-0.25, -0.2) is 0 Å². The van der Waals surface area contributed by atoms with Crippen LogP contribution in [-0.4, -0.2) is 12.4 Å². The van der Waals surface area contributed by atoms with E-state index in [2.05, 4.69) is 35.6 Å². The third-order valence-corrected chi connectivity index (χ3v) is 1.85. The topological polar surface area (TPSA) is 24.4 Å². The SMILES string of the molecule is C=C/C=C(\C=C/CC)C1=NCC=C=CN1. The molecule has 0 bridgehead atoms. The Morgan fingerprint density at radius 3 is 3.33 bits per heavy atom. The van der Waals surface area contributed by atoms with Crippen LogP contribution in [-0.2, 0) is 0 Å². The van der Waals surface area contributed by atoms with Crippen molar-refractivity contribution in [1.82, 2.24) is 5.32 Å². The fourth-order valence-corrected chi connectivity index (χ4v) is 1.16. The second-order valence-electron chi connectivity index (χ2n) is 3.02. The van der Waals surface area contributed by atoms with Gasteiger partial charge in [-0.2, -0.15) is 0 Å². The second kappa shape index (κ2) is 6.63. The van der Waals surface area contributed by atoms with Gasteiger partial charge in [0.1, 0.15) is 5.84 Å². The van der Waals surface area contributed by atoms with E-state index in [1.807, 2.05) is 18.2 Å². The molecule has 0 atom stereocenters. The van der Waals surface area contributed by atoms with Crippen molar-refractivity contribution in [2.24, 2.45) is 4.99 Å². The maximum atomic E-state index is 4.38. The predicted octanol–water partition coefficient (Wildman–Crippen LogP) is 2.74. The maximum absolute atomic E-state index is 4.38. The van der Waals surface area contributed by atoms with Crippen molar-refractivity contribution in [3.63, 3.8) is 0 Å². The summed E-state index contributed by atoms with van der Waals surface area (Å²) in [6, 6.07) is 0. The van der Waals surface area contributed by atoms with E-state index in [1.165, 1.54) is 0 Å². The van der Waals surface area contributed by atoms with Gasteiger partial charge in [0.25, 0.3) is 0 Å².